The van der Waals surface area contributed by atoms with Crippen molar-refractivity contribution >= 4 is 5.97 Å². The van der Waals surface area contributed by atoms with Crippen LogP contribution in [0, 0.1) is 11.8 Å². The molecule has 4 nitrogen and oxygen atoms in total. The first-order valence-electron chi connectivity index (χ1n) is 5.56. The second-order valence-corrected chi connectivity index (χ2v) is 3.98. The fourth-order valence-electron chi connectivity index (χ4n) is 1.07. The van der Waals surface area contributed by atoms with E-state index in [2.05, 4.69) is 13.8 Å². The SMILES string of the molecule is CCC(CN)C(=O)OCCOCC(C)C. The fourth-order valence-corrected chi connectivity index (χ4v) is 1.07. The van der Waals surface area contributed by atoms with E-state index in [9.17, 15) is 4.79 Å². The molecule has 0 aromatic carbocycles. The quantitative estimate of drug-likeness (QED) is 0.490. The van der Waals surface area contributed by atoms with Gasteiger partial charge in [-0.05, 0) is 12.3 Å². The molecule has 0 heterocycles. The summed E-state index contributed by atoms with van der Waals surface area (Å²) < 4.78 is 10.3. The lowest BCUT2D eigenvalue weighted by Gasteiger charge is -2.12. The van der Waals surface area contributed by atoms with Crippen molar-refractivity contribution in [3.63, 3.8) is 0 Å². The molecule has 0 amide bonds. The van der Waals surface area contributed by atoms with E-state index in [1.54, 1.807) is 0 Å². The van der Waals surface area contributed by atoms with Crippen LogP contribution in [-0.4, -0.2) is 32.3 Å². The van der Waals surface area contributed by atoms with Gasteiger partial charge in [-0.2, -0.15) is 0 Å². The van der Waals surface area contributed by atoms with Crippen LogP contribution in [0.25, 0.3) is 0 Å². The summed E-state index contributed by atoms with van der Waals surface area (Å²) in [5, 5.41) is 0. The van der Waals surface area contributed by atoms with Crippen LogP contribution in [0.15, 0.2) is 0 Å². The molecule has 0 spiro atoms. The van der Waals surface area contributed by atoms with Crippen molar-refractivity contribution in [1.29, 1.82) is 0 Å². The third-order valence-corrected chi connectivity index (χ3v) is 2.03. The van der Waals surface area contributed by atoms with E-state index in [4.69, 9.17) is 15.2 Å². The topological polar surface area (TPSA) is 61.6 Å². The zero-order chi connectivity index (χ0) is 11.7. The molecule has 0 aliphatic carbocycles. The first kappa shape index (κ1) is 14.4. The molecule has 0 aromatic rings. The Balaban J connectivity index is 3.46. The third-order valence-electron chi connectivity index (χ3n) is 2.03. The zero-order valence-electron chi connectivity index (χ0n) is 9.99. The number of hydrogen-bond donors (Lipinski definition) is 1. The van der Waals surface area contributed by atoms with Crippen LogP contribution in [0.5, 0.6) is 0 Å². The largest absolute Gasteiger partial charge is 0.463 e. The summed E-state index contributed by atoms with van der Waals surface area (Å²) in [7, 11) is 0. The fraction of sp³-hybridized carbons (Fsp3) is 0.909. The molecule has 4 heteroatoms. The van der Waals surface area contributed by atoms with E-state index < -0.39 is 0 Å². The highest BCUT2D eigenvalue weighted by atomic mass is 16.6. The van der Waals surface area contributed by atoms with Gasteiger partial charge in [-0.1, -0.05) is 20.8 Å². The minimum Gasteiger partial charge on any atom is -0.463 e. The number of carbonyl (C=O) groups excluding carboxylic acids is 1. The maximum absolute atomic E-state index is 11.3. The van der Waals surface area contributed by atoms with E-state index in [0.29, 0.717) is 32.3 Å². The van der Waals surface area contributed by atoms with Crippen LogP contribution in [0.2, 0.25) is 0 Å². The lowest BCUT2D eigenvalue weighted by Crippen LogP contribution is -2.26. The van der Waals surface area contributed by atoms with Gasteiger partial charge in [0.25, 0.3) is 0 Å². The molecule has 90 valence electrons. The van der Waals surface area contributed by atoms with Gasteiger partial charge in [-0.3, -0.25) is 4.79 Å². The zero-order valence-corrected chi connectivity index (χ0v) is 9.99. The molecule has 0 bridgehead atoms. The van der Waals surface area contributed by atoms with Gasteiger partial charge < -0.3 is 15.2 Å². The van der Waals surface area contributed by atoms with Crippen LogP contribution in [-0.2, 0) is 14.3 Å². The number of esters is 1. The Hall–Kier alpha value is -0.610. The van der Waals surface area contributed by atoms with Gasteiger partial charge in [-0.15, -0.1) is 0 Å². The summed E-state index contributed by atoms with van der Waals surface area (Å²) in [6, 6.07) is 0. The lowest BCUT2D eigenvalue weighted by atomic mass is 10.1. The maximum Gasteiger partial charge on any atom is 0.310 e. The highest BCUT2D eigenvalue weighted by Gasteiger charge is 2.15. The van der Waals surface area contributed by atoms with Crippen LogP contribution in [0.4, 0.5) is 0 Å². The second kappa shape index (κ2) is 8.68. The highest BCUT2D eigenvalue weighted by molar-refractivity contribution is 5.72. The van der Waals surface area contributed by atoms with Crippen LogP contribution in [0.3, 0.4) is 0 Å². The van der Waals surface area contributed by atoms with Gasteiger partial charge in [0.2, 0.25) is 0 Å². The minimum absolute atomic E-state index is 0.171. The molecule has 15 heavy (non-hydrogen) atoms. The molecule has 0 aliphatic rings. The smallest absolute Gasteiger partial charge is 0.310 e. The van der Waals surface area contributed by atoms with Gasteiger partial charge in [0.05, 0.1) is 12.5 Å². The van der Waals surface area contributed by atoms with Crippen molar-refractivity contribution in [2.45, 2.75) is 27.2 Å². The van der Waals surface area contributed by atoms with E-state index in [0.717, 1.165) is 6.42 Å². The average Bonchev–Trinajstić information content (AvgIpc) is 2.18. The predicted octanol–water partition coefficient (Wildman–Crippen LogP) is 1.19. The van der Waals surface area contributed by atoms with Gasteiger partial charge in [0, 0.05) is 13.2 Å². The summed E-state index contributed by atoms with van der Waals surface area (Å²) >= 11 is 0. The summed E-state index contributed by atoms with van der Waals surface area (Å²) in [4.78, 5) is 11.3. The van der Waals surface area contributed by atoms with Crippen molar-refractivity contribution in [3.05, 3.63) is 0 Å². The van der Waals surface area contributed by atoms with Crippen molar-refractivity contribution in [1.82, 2.24) is 0 Å². The van der Waals surface area contributed by atoms with Gasteiger partial charge in [-0.25, -0.2) is 0 Å². The number of ether oxygens (including phenoxy) is 2. The standard InChI is InChI=1S/C11H23NO3/c1-4-10(7-12)11(13)15-6-5-14-8-9(2)3/h9-10H,4-8,12H2,1-3H3. The molecule has 2 N–H and O–H groups in total. The van der Waals surface area contributed by atoms with E-state index >= 15 is 0 Å². The summed E-state index contributed by atoms with van der Waals surface area (Å²) in [6.45, 7) is 7.91. The number of hydrogen-bond acceptors (Lipinski definition) is 4. The second-order valence-electron chi connectivity index (χ2n) is 3.98. The number of carbonyl (C=O) groups is 1. The first-order chi connectivity index (χ1) is 7.11. The maximum atomic E-state index is 11.3. The Bertz CT molecular complexity index is 167. The molecule has 0 aromatic heterocycles. The summed E-state index contributed by atoms with van der Waals surface area (Å²) in [6.07, 6.45) is 0.724. The number of nitrogens with two attached hydrogens (primary N) is 1. The number of rotatable bonds is 8. The van der Waals surface area contributed by atoms with Crippen molar-refractivity contribution in [3.8, 4) is 0 Å². The molecule has 0 rings (SSSR count). The Morgan fingerprint density at radius 3 is 2.47 bits per heavy atom. The van der Waals surface area contributed by atoms with Gasteiger partial charge in [0.1, 0.15) is 6.61 Å². The first-order valence-corrected chi connectivity index (χ1v) is 5.56. The molecule has 0 radical (unpaired) electrons. The molecular weight excluding hydrogens is 194 g/mol. The molecular formula is C11H23NO3. The minimum atomic E-state index is -0.215. The molecule has 1 atom stereocenters. The highest BCUT2D eigenvalue weighted by Crippen LogP contribution is 2.02. The molecule has 1 unspecified atom stereocenters. The Morgan fingerprint density at radius 1 is 1.33 bits per heavy atom. The van der Waals surface area contributed by atoms with Crippen LogP contribution >= 0.6 is 0 Å². The average molecular weight is 217 g/mol. The molecule has 0 aliphatic heterocycles. The van der Waals surface area contributed by atoms with E-state index in [-0.39, 0.29) is 11.9 Å². The Labute approximate surface area is 92.1 Å². The van der Waals surface area contributed by atoms with Crippen molar-refractivity contribution in [2.24, 2.45) is 17.6 Å². The van der Waals surface area contributed by atoms with Gasteiger partial charge >= 0.3 is 5.97 Å². The van der Waals surface area contributed by atoms with Crippen molar-refractivity contribution < 1.29 is 14.3 Å². The Kier molecular flexibility index (Phi) is 8.33. The summed E-state index contributed by atoms with van der Waals surface area (Å²) in [5.41, 5.74) is 5.42. The van der Waals surface area contributed by atoms with Crippen molar-refractivity contribution in [2.75, 3.05) is 26.4 Å². The predicted molar refractivity (Wildman–Crippen MR) is 59.5 cm³/mol. The van der Waals surface area contributed by atoms with Crippen LogP contribution < -0.4 is 5.73 Å². The van der Waals surface area contributed by atoms with Gasteiger partial charge in [0.15, 0.2) is 0 Å². The Morgan fingerprint density at radius 2 is 2.00 bits per heavy atom. The summed E-state index contributed by atoms with van der Waals surface area (Å²) in [5.74, 6) is 0.122. The normalized spacial score (nSPS) is 12.9. The lowest BCUT2D eigenvalue weighted by molar-refractivity contribution is -0.149. The van der Waals surface area contributed by atoms with Crippen LogP contribution in [0.1, 0.15) is 27.2 Å². The molecule has 0 fully saturated rings. The molecule has 0 saturated carbocycles. The monoisotopic (exact) mass is 217 g/mol. The molecule has 0 saturated heterocycles. The third kappa shape index (κ3) is 7.33. The van der Waals surface area contributed by atoms with E-state index in [1.807, 2.05) is 6.92 Å². The van der Waals surface area contributed by atoms with E-state index in [1.165, 1.54) is 0 Å².